The van der Waals surface area contributed by atoms with E-state index in [0.717, 1.165) is 18.4 Å². The van der Waals surface area contributed by atoms with E-state index < -0.39 is 0 Å². The minimum absolute atomic E-state index is 0.214. The van der Waals surface area contributed by atoms with Crippen molar-refractivity contribution in [2.45, 2.75) is 58.4 Å². The number of rotatable bonds is 4. The first kappa shape index (κ1) is 13.2. The van der Waals surface area contributed by atoms with Gasteiger partial charge >= 0.3 is 0 Å². The molecule has 3 rings (SSSR count). The fraction of sp³-hybridized carbons (Fsp3) is 0.765. The quantitative estimate of drug-likeness (QED) is 0.885. The summed E-state index contributed by atoms with van der Waals surface area (Å²) in [4.78, 5) is 0. The second kappa shape index (κ2) is 4.66. The van der Waals surface area contributed by atoms with Crippen molar-refractivity contribution < 1.29 is 4.42 Å². The third kappa shape index (κ3) is 2.74. The Balaban J connectivity index is 1.76. The molecular weight excluding hydrogens is 234 g/mol. The van der Waals surface area contributed by atoms with Crippen LogP contribution in [-0.2, 0) is 6.42 Å². The van der Waals surface area contributed by atoms with Gasteiger partial charge in [0.05, 0.1) is 12.5 Å². The summed E-state index contributed by atoms with van der Waals surface area (Å²) in [6.07, 6.45) is 10.7. The molecule has 1 N–H and O–H groups in total. The van der Waals surface area contributed by atoms with Gasteiger partial charge in [-0.2, -0.15) is 0 Å². The molecular formula is C17H27NO. The Kier molecular flexibility index (Phi) is 3.24. The summed E-state index contributed by atoms with van der Waals surface area (Å²) in [5.74, 6) is 1.90. The number of nitrogens with one attached hydrogen (secondary N) is 1. The fourth-order valence-electron chi connectivity index (χ4n) is 4.29. The summed E-state index contributed by atoms with van der Waals surface area (Å²) in [7, 11) is 0. The van der Waals surface area contributed by atoms with E-state index in [2.05, 4.69) is 32.2 Å². The molecule has 0 amide bonds. The molecule has 2 bridgehead atoms. The van der Waals surface area contributed by atoms with Crippen molar-refractivity contribution in [2.75, 3.05) is 6.54 Å². The summed E-state index contributed by atoms with van der Waals surface area (Å²) in [5, 5.41) is 3.77. The molecule has 0 saturated heterocycles. The number of fused-ring (bicyclic) bond motifs is 2. The van der Waals surface area contributed by atoms with Crippen molar-refractivity contribution >= 4 is 0 Å². The smallest absolute Gasteiger partial charge is 0.0934 e. The monoisotopic (exact) mass is 261 g/mol. The lowest BCUT2D eigenvalue weighted by molar-refractivity contribution is 0.142. The van der Waals surface area contributed by atoms with Crippen LogP contribution >= 0.6 is 0 Å². The Morgan fingerprint density at radius 2 is 2.21 bits per heavy atom. The highest BCUT2D eigenvalue weighted by atomic mass is 16.3. The van der Waals surface area contributed by atoms with Gasteiger partial charge in [0, 0.05) is 12.1 Å². The maximum absolute atomic E-state index is 5.27. The van der Waals surface area contributed by atoms with Crippen LogP contribution in [0.3, 0.4) is 0 Å². The van der Waals surface area contributed by atoms with Gasteiger partial charge < -0.3 is 9.73 Å². The lowest BCUT2D eigenvalue weighted by Gasteiger charge is -2.40. The van der Waals surface area contributed by atoms with Crippen LogP contribution in [0, 0.1) is 17.3 Å². The van der Waals surface area contributed by atoms with E-state index in [1.54, 1.807) is 0 Å². The van der Waals surface area contributed by atoms with E-state index in [9.17, 15) is 0 Å². The number of furan rings is 1. The minimum atomic E-state index is 0.214. The highest BCUT2D eigenvalue weighted by Gasteiger charge is 2.50. The van der Waals surface area contributed by atoms with Gasteiger partial charge in [0.25, 0.3) is 0 Å². The zero-order valence-electron chi connectivity index (χ0n) is 12.5. The molecule has 0 aliphatic heterocycles. The first-order valence-corrected chi connectivity index (χ1v) is 7.73. The number of hydrogen-bond acceptors (Lipinski definition) is 2. The van der Waals surface area contributed by atoms with Gasteiger partial charge in [-0.1, -0.05) is 6.42 Å². The molecule has 1 aromatic heterocycles. The fourth-order valence-corrected chi connectivity index (χ4v) is 4.29. The standard InChI is InChI=1S/C17H27NO/c1-16(2,3)18-12-17(10-14-6-7-19-11-14)9-13-4-5-15(17)8-13/h6-7,11,13,15,18H,4-5,8-10,12H2,1-3H3. The summed E-state index contributed by atoms with van der Waals surface area (Å²) in [6, 6.07) is 2.14. The highest BCUT2D eigenvalue weighted by Crippen LogP contribution is 2.57. The normalized spacial score (nSPS) is 34.1. The lowest BCUT2D eigenvalue weighted by Crippen LogP contribution is -2.47. The van der Waals surface area contributed by atoms with Crippen molar-refractivity contribution in [3.8, 4) is 0 Å². The van der Waals surface area contributed by atoms with Crippen molar-refractivity contribution in [2.24, 2.45) is 17.3 Å². The molecule has 1 heterocycles. The molecule has 0 spiro atoms. The average Bonchev–Trinajstić information content (AvgIpc) is 3.01. The largest absolute Gasteiger partial charge is 0.472 e. The third-order valence-electron chi connectivity index (χ3n) is 5.21. The molecule has 1 aromatic rings. The Morgan fingerprint density at radius 3 is 2.74 bits per heavy atom. The van der Waals surface area contributed by atoms with Gasteiger partial charge in [-0.3, -0.25) is 0 Å². The lowest BCUT2D eigenvalue weighted by atomic mass is 9.69. The summed E-state index contributed by atoms with van der Waals surface area (Å²) in [6.45, 7) is 7.96. The molecule has 0 radical (unpaired) electrons. The van der Waals surface area contributed by atoms with Crippen molar-refractivity contribution in [3.05, 3.63) is 24.2 Å². The van der Waals surface area contributed by atoms with E-state index in [1.165, 1.54) is 37.7 Å². The third-order valence-corrected chi connectivity index (χ3v) is 5.21. The van der Waals surface area contributed by atoms with Gasteiger partial charge in [0.2, 0.25) is 0 Å². The van der Waals surface area contributed by atoms with Crippen molar-refractivity contribution in [1.29, 1.82) is 0 Å². The minimum Gasteiger partial charge on any atom is -0.472 e. The van der Waals surface area contributed by atoms with Crippen LogP contribution in [0.2, 0.25) is 0 Å². The van der Waals surface area contributed by atoms with Gasteiger partial charge in [0.15, 0.2) is 0 Å². The van der Waals surface area contributed by atoms with Gasteiger partial charge in [0.1, 0.15) is 0 Å². The molecule has 3 atom stereocenters. The summed E-state index contributed by atoms with van der Waals surface area (Å²) >= 11 is 0. The van der Waals surface area contributed by atoms with E-state index in [1.807, 2.05) is 12.5 Å². The summed E-state index contributed by atoms with van der Waals surface area (Å²) in [5.41, 5.74) is 2.06. The topological polar surface area (TPSA) is 25.2 Å². The Hall–Kier alpha value is -0.760. The van der Waals surface area contributed by atoms with Crippen LogP contribution < -0.4 is 5.32 Å². The molecule has 3 unspecified atom stereocenters. The molecule has 2 heteroatoms. The van der Waals surface area contributed by atoms with Crippen LogP contribution in [0.5, 0.6) is 0 Å². The van der Waals surface area contributed by atoms with Crippen LogP contribution in [-0.4, -0.2) is 12.1 Å². The van der Waals surface area contributed by atoms with Gasteiger partial charge in [-0.15, -0.1) is 0 Å². The Bertz CT molecular complexity index is 417. The van der Waals surface area contributed by atoms with E-state index in [0.29, 0.717) is 5.41 Å². The molecule has 0 aromatic carbocycles. The van der Waals surface area contributed by atoms with Crippen LogP contribution in [0.25, 0.3) is 0 Å². The second-order valence-electron chi connectivity index (χ2n) is 7.85. The van der Waals surface area contributed by atoms with Crippen LogP contribution in [0.1, 0.15) is 52.0 Å². The average molecular weight is 261 g/mol. The zero-order valence-corrected chi connectivity index (χ0v) is 12.5. The van der Waals surface area contributed by atoms with Crippen LogP contribution in [0.15, 0.2) is 23.0 Å². The van der Waals surface area contributed by atoms with E-state index >= 15 is 0 Å². The second-order valence-corrected chi connectivity index (χ2v) is 7.85. The van der Waals surface area contributed by atoms with Gasteiger partial charge in [-0.05, 0) is 75.3 Å². The predicted octanol–water partition coefficient (Wildman–Crippen LogP) is 4.02. The van der Waals surface area contributed by atoms with Crippen molar-refractivity contribution in [3.63, 3.8) is 0 Å². The molecule has 2 fully saturated rings. The van der Waals surface area contributed by atoms with E-state index in [-0.39, 0.29) is 5.54 Å². The predicted molar refractivity (Wildman–Crippen MR) is 78.0 cm³/mol. The molecule has 2 aliphatic carbocycles. The molecule has 2 nitrogen and oxygen atoms in total. The first-order chi connectivity index (χ1) is 8.97. The Morgan fingerprint density at radius 1 is 1.37 bits per heavy atom. The van der Waals surface area contributed by atoms with E-state index in [4.69, 9.17) is 4.42 Å². The molecule has 2 aliphatic rings. The summed E-state index contributed by atoms with van der Waals surface area (Å²) < 4.78 is 5.27. The van der Waals surface area contributed by atoms with Crippen molar-refractivity contribution in [1.82, 2.24) is 5.32 Å². The SMILES string of the molecule is CC(C)(C)NCC1(Cc2ccoc2)CC2CCC1C2. The molecule has 106 valence electrons. The van der Waals surface area contributed by atoms with Crippen LogP contribution in [0.4, 0.5) is 0 Å². The maximum Gasteiger partial charge on any atom is 0.0934 e. The first-order valence-electron chi connectivity index (χ1n) is 7.73. The highest BCUT2D eigenvalue weighted by molar-refractivity contribution is 5.14. The van der Waals surface area contributed by atoms with Gasteiger partial charge in [-0.25, -0.2) is 0 Å². The zero-order chi connectivity index (χ0) is 13.5. The molecule has 19 heavy (non-hydrogen) atoms. The molecule has 2 saturated carbocycles. The number of hydrogen-bond donors (Lipinski definition) is 1. The maximum atomic E-state index is 5.27. The Labute approximate surface area is 117 Å².